The van der Waals surface area contributed by atoms with E-state index in [1.165, 1.54) is 0 Å². The number of para-hydroxylation sites is 1. The molecule has 0 unspecified atom stereocenters. The van der Waals surface area contributed by atoms with E-state index in [0.29, 0.717) is 22.2 Å². The van der Waals surface area contributed by atoms with Gasteiger partial charge in [0, 0.05) is 6.54 Å². The Morgan fingerprint density at radius 3 is 2.42 bits per heavy atom. The minimum atomic E-state index is 0.596. The summed E-state index contributed by atoms with van der Waals surface area (Å²) in [5.41, 5.74) is 3.57. The molecule has 2 rings (SSSR count). The van der Waals surface area contributed by atoms with Gasteiger partial charge in [0.25, 0.3) is 0 Å². The van der Waals surface area contributed by atoms with Crippen LogP contribution in [-0.4, -0.2) is 0 Å². The first kappa shape index (κ1) is 13.7. The van der Waals surface area contributed by atoms with E-state index in [0.717, 1.165) is 16.8 Å². The molecule has 0 saturated carbocycles. The predicted octanol–water partition coefficient (Wildman–Crippen LogP) is 4.79. The molecule has 96 valence electrons. The lowest BCUT2D eigenvalue weighted by Gasteiger charge is -2.12. The topological polar surface area (TPSA) is 35.8 Å². The Hall–Kier alpha value is -1.69. The molecule has 1 N–H and O–H groups in total. The van der Waals surface area contributed by atoms with Crippen LogP contribution in [0, 0.1) is 18.3 Å². The van der Waals surface area contributed by atoms with Crippen molar-refractivity contribution in [2.75, 3.05) is 5.32 Å². The average Bonchev–Trinajstić information content (AvgIpc) is 2.39. The first-order valence-electron chi connectivity index (χ1n) is 5.79. The minimum absolute atomic E-state index is 0.596. The molecule has 19 heavy (non-hydrogen) atoms. The van der Waals surface area contributed by atoms with Crippen molar-refractivity contribution >= 4 is 28.9 Å². The SMILES string of the molecule is Cc1cc(C#N)ccc1CNc1c(Cl)cccc1Cl. The van der Waals surface area contributed by atoms with Crippen molar-refractivity contribution in [1.82, 2.24) is 0 Å². The molecule has 0 bridgehead atoms. The summed E-state index contributed by atoms with van der Waals surface area (Å²) in [5.74, 6) is 0. The predicted molar refractivity (Wildman–Crippen MR) is 79.7 cm³/mol. The van der Waals surface area contributed by atoms with Crippen LogP contribution in [0.5, 0.6) is 0 Å². The van der Waals surface area contributed by atoms with Gasteiger partial charge in [-0.15, -0.1) is 0 Å². The van der Waals surface area contributed by atoms with Crippen molar-refractivity contribution in [3.8, 4) is 6.07 Å². The van der Waals surface area contributed by atoms with Gasteiger partial charge in [0.2, 0.25) is 0 Å². The third-order valence-corrected chi connectivity index (χ3v) is 3.52. The average molecular weight is 291 g/mol. The van der Waals surface area contributed by atoms with Crippen LogP contribution in [0.25, 0.3) is 0 Å². The monoisotopic (exact) mass is 290 g/mol. The standard InChI is InChI=1S/C15H12Cl2N2/c1-10-7-11(8-18)5-6-12(10)9-19-15-13(16)3-2-4-14(15)17/h2-7,19H,9H2,1H3. The molecule has 0 heterocycles. The highest BCUT2D eigenvalue weighted by molar-refractivity contribution is 6.39. The van der Waals surface area contributed by atoms with Crippen molar-refractivity contribution in [2.24, 2.45) is 0 Å². The molecule has 0 aliphatic rings. The number of nitriles is 1. The van der Waals surface area contributed by atoms with Crippen LogP contribution in [0.2, 0.25) is 10.0 Å². The van der Waals surface area contributed by atoms with Crippen molar-refractivity contribution in [3.05, 3.63) is 63.1 Å². The molecule has 0 atom stereocenters. The minimum Gasteiger partial charge on any atom is -0.379 e. The van der Waals surface area contributed by atoms with Crippen LogP contribution in [0.15, 0.2) is 36.4 Å². The maximum absolute atomic E-state index is 8.83. The Morgan fingerprint density at radius 2 is 1.84 bits per heavy atom. The van der Waals surface area contributed by atoms with E-state index in [4.69, 9.17) is 28.5 Å². The van der Waals surface area contributed by atoms with Gasteiger partial charge in [0.05, 0.1) is 27.4 Å². The number of anilines is 1. The second-order valence-corrected chi connectivity index (χ2v) is 5.02. The van der Waals surface area contributed by atoms with Crippen LogP contribution in [-0.2, 0) is 6.54 Å². The fraction of sp³-hybridized carbons (Fsp3) is 0.133. The first-order chi connectivity index (χ1) is 9.11. The van der Waals surface area contributed by atoms with E-state index in [9.17, 15) is 0 Å². The fourth-order valence-corrected chi connectivity index (χ4v) is 2.35. The Balaban J connectivity index is 2.17. The molecule has 2 nitrogen and oxygen atoms in total. The Morgan fingerprint density at radius 1 is 1.16 bits per heavy atom. The number of benzene rings is 2. The van der Waals surface area contributed by atoms with Gasteiger partial charge in [-0.2, -0.15) is 5.26 Å². The Bertz CT molecular complexity index is 625. The molecule has 0 aromatic heterocycles. The third-order valence-electron chi connectivity index (χ3n) is 2.89. The van der Waals surface area contributed by atoms with E-state index in [1.54, 1.807) is 18.2 Å². The zero-order chi connectivity index (χ0) is 13.8. The molecule has 0 saturated heterocycles. The third kappa shape index (κ3) is 3.20. The summed E-state index contributed by atoms with van der Waals surface area (Å²) in [5, 5.41) is 13.3. The smallest absolute Gasteiger partial charge is 0.0991 e. The van der Waals surface area contributed by atoms with E-state index in [1.807, 2.05) is 25.1 Å². The Labute approximate surface area is 122 Å². The number of halogens is 2. The lowest BCUT2D eigenvalue weighted by Crippen LogP contribution is -2.02. The number of aryl methyl sites for hydroxylation is 1. The van der Waals surface area contributed by atoms with Gasteiger partial charge in [-0.3, -0.25) is 0 Å². The van der Waals surface area contributed by atoms with Gasteiger partial charge in [0.1, 0.15) is 0 Å². The molecular weight excluding hydrogens is 279 g/mol. The second kappa shape index (κ2) is 5.97. The summed E-state index contributed by atoms with van der Waals surface area (Å²) in [6.45, 7) is 2.59. The first-order valence-corrected chi connectivity index (χ1v) is 6.55. The van der Waals surface area contributed by atoms with Crippen molar-refractivity contribution in [2.45, 2.75) is 13.5 Å². The summed E-state index contributed by atoms with van der Waals surface area (Å²) >= 11 is 12.2. The largest absolute Gasteiger partial charge is 0.379 e. The van der Waals surface area contributed by atoms with E-state index >= 15 is 0 Å². The summed E-state index contributed by atoms with van der Waals surface area (Å²) in [7, 11) is 0. The molecule has 4 heteroatoms. The van der Waals surface area contributed by atoms with Gasteiger partial charge in [-0.25, -0.2) is 0 Å². The van der Waals surface area contributed by atoms with Crippen LogP contribution >= 0.6 is 23.2 Å². The molecule has 0 fully saturated rings. The molecule has 0 amide bonds. The summed E-state index contributed by atoms with van der Waals surface area (Å²) in [6, 6.07) is 13.1. The zero-order valence-corrected chi connectivity index (χ0v) is 11.9. The highest BCUT2D eigenvalue weighted by Gasteiger charge is 2.06. The van der Waals surface area contributed by atoms with E-state index in [-0.39, 0.29) is 0 Å². The van der Waals surface area contributed by atoms with Gasteiger partial charge in [-0.05, 0) is 42.3 Å². The summed E-state index contributed by atoms with van der Waals surface area (Å²) < 4.78 is 0. The maximum Gasteiger partial charge on any atom is 0.0991 e. The molecule has 2 aromatic carbocycles. The van der Waals surface area contributed by atoms with Gasteiger partial charge >= 0.3 is 0 Å². The van der Waals surface area contributed by atoms with Crippen molar-refractivity contribution in [3.63, 3.8) is 0 Å². The molecule has 0 aliphatic carbocycles. The summed E-state index contributed by atoms with van der Waals surface area (Å²) in [6.07, 6.45) is 0. The molecule has 2 aromatic rings. The van der Waals surface area contributed by atoms with Crippen LogP contribution in [0.4, 0.5) is 5.69 Å². The van der Waals surface area contributed by atoms with Gasteiger partial charge in [-0.1, -0.05) is 35.3 Å². The van der Waals surface area contributed by atoms with Crippen LogP contribution in [0.3, 0.4) is 0 Å². The molecular formula is C15H12Cl2N2. The zero-order valence-electron chi connectivity index (χ0n) is 10.4. The number of rotatable bonds is 3. The van der Waals surface area contributed by atoms with Crippen LogP contribution in [0.1, 0.15) is 16.7 Å². The number of nitrogens with zero attached hydrogens (tertiary/aromatic N) is 1. The normalized spacial score (nSPS) is 10.0. The number of hydrogen-bond acceptors (Lipinski definition) is 2. The van der Waals surface area contributed by atoms with Gasteiger partial charge in [0.15, 0.2) is 0 Å². The molecule has 0 spiro atoms. The van der Waals surface area contributed by atoms with E-state index < -0.39 is 0 Å². The second-order valence-electron chi connectivity index (χ2n) is 4.20. The van der Waals surface area contributed by atoms with Gasteiger partial charge < -0.3 is 5.32 Å². The summed E-state index contributed by atoms with van der Waals surface area (Å²) in [4.78, 5) is 0. The van der Waals surface area contributed by atoms with E-state index in [2.05, 4.69) is 11.4 Å². The Kier molecular flexibility index (Phi) is 4.31. The molecule has 0 radical (unpaired) electrons. The van der Waals surface area contributed by atoms with Crippen molar-refractivity contribution < 1.29 is 0 Å². The number of nitrogens with one attached hydrogen (secondary N) is 1. The lowest BCUT2D eigenvalue weighted by molar-refractivity contribution is 1.12. The lowest BCUT2D eigenvalue weighted by atomic mass is 10.1. The quantitative estimate of drug-likeness (QED) is 0.882. The fourth-order valence-electron chi connectivity index (χ4n) is 1.81. The highest BCUT2D eigenvalue weighted by atomic mass is 35.5. The van der Waals surface area contributed by atoms with Crippen molar-refractivity contribution in [1.29, 1.82) is 5.26 Å². The maximum atomic E-state index is 8.83. The highest BCUT2D eigenvalue weighted by Crippen LogP contribution is 2.30. The molecule has 0 aliphatic heterocycles. The number of hydrogen-bond donors (Lipinski definition) is 1. The van der Waals surface area contributed by atoms with Crippen LogP contribution < -0.4 is 5.32 Å².